The first-order chi connectivity index (χ1) is 14.9. The number of amides is 3. The van der Waals surface area contributed by atoms with E-state index in [0.717, 1.165) is 0 Å². The van der Waals surface area contributed by atoms with Crippen molar-refractivity contribution in [1.29, 1.82) is 0 Å². The van der Waals surface area contributed by atoms with E-state index in [4.69, 9.17) is 9.47 Å². The Hall–Kier alpha value is -3.55. The molecule has 0 radical (unpaired) electrons. The minimum absolute atomic E-state index is 0.165. The molecule has 0 aromatic heterocycles. The number of hydrogen-bond donors (Lipinski definition) is 1. The minimum Gasteiger partial charge on any atom is -0.493 e. The van der Waals surface area contributed by atoms with Gasteiger partial charge in [-0.2, -0.15) is 0 Å². The van der Waals surface area contributed by atoms with E-state index in [1.54, 1.807) is 41.3 Å². The first kappa shape index (κ1) is 20.7. The SMILES string of the molecule is COc1ccc2c(c1OC)C(=O)N1c3ccccc3C(=O)N(CC(=O)NCC(C)C)[C@H]21. The molecule has 2 aromatic rings. The van der Waals surface area contributed by atoms with Crippen molar-refractivity contribution in [2.45, 2.75) is 20.0 Å². The summed E-state index contributed by atoms with van der Waals surface area (Å²) < 4.78 is 10.9. The van der Waals surface area contributed by atoms with Gasteiger partial charge in [0.25, 0.3) is 11.8 Å². The molecule has 0 saturated heterocycles. The van der Waals surface area contributed by atoms with Crippen LogP contribution < -0.4 is 19.7 Å². The van der Waals surface area contributed by atoms with Gasteiger partial charge in [-0.25, -0.2) is 0 Å². The number of nitrogens with one attached hydrogen (secondary N) is 1. The van der Waals surface area contributed by atoms with Gasteiger partial charge in [-0.1, -0.05) is 32.0 Å². The van der Waals surface area contributed by atoms with Crippen molar-refractivity contribution in [1.82, 2.24) is 10.2 Å². The zero-order valence-corrected chi connectivity index (χ0v) is 18.0. The van der Waals surface area contributed by atoms with Crippen molar-refractivity contribution in [3.8, 4) is 11.5 Å². The summed E-state index contributed by atoms with van der Waals surface area (Å²) in [5.74, 6) is 0.144. The molecule has 2 aromatic carbocycles. The molecule has 0 spiro atoms. The Morgan fingerprint density at radius 1 is 1.06 bits per heavy atom. The van der Waals surface area contributed by atoms with Crippen LogP contribution in [0.4, 0.5) is 5.69 Å². The van der Waals surface area contributed by atoms with Crippen molar-refractivity contribution in [2.24, 2.45) is 5.92 Å². The molecule has 1 N–H and O–H groups in total. The maximum absolute atomic E-state index is 13.5. The predicted molar refractivity (Wildman–Crippen MR) is 114 cm³/mol. The molecule has 0 bridgehead atoms. The number of nitrogens with zero attached hydrogens (tertiary/aromatic N) is 2. The summed E-state index contributed by atoms with van der Waals surface area (Å²) >= 11 is 0. The second-order valence-electron chi connectivity index (χ2n) is 7.96. The number of carbonyl (C=O) groups is 3. The average molecular weight is 423 g/mol. The molecule has 8 heteroatoms. The Labute approximate surface area is 180 Å². The number of fused-ring (bicyclic) bond motifs is 5. The maximum atomic E-state index is 13.5. The number of anilines is 1. The van der Waals surface area contributed by atoms with Crippen LogP contribution in [0.1, 0.15) is 46.3 Å². The van der Waals surface area contributed by atoms with Gasteiger partial charge in [0.05, 0.1) is 31.0 Å². The summed E-state index contributed by atoms with van der Waals surface area (Å²) in [6, 6.07) is 10.4. The summed E-state index contributed by atoms with van der Waals surface area (Å²) in [6.07, 6.45) is -0.741. The molecule has 4 rings (SSSR count). The Kier molecular flexibility index (Phi) is 5.31. The van der Waals surface area contributed by atoms with Crippen LogP contribution in [0.15, 0.2) is 36.4 Å². The topological polar surface area (TPSA) is 88.2 Å². The molecule has 2 aliphatic heterocycles. The molecule has 8 nitrogen and oxygen atoms in total. The third kappa shape index (κ3) is 3.28. The number of ether oxygens (including phenoxy) is 2. The number of benzene rings is 2. The zero-order valence-electron chi connectivity index (χ0n) is 18.0. The zero-order chi connectivity index (χ0) is 22.3. The highest BCUT2D eigenvalue weighted by Gasteiger charge is 2.50. The molecule has 1 atom stereocenters. The van der Waals surface area contributed by atoms with Gasteiger partial charge in [-0.05, 0) is 24.1 Å². The van der Waals surface area contributed by atoms with Crippen molar-refractivity contribution < 1.29 is 23.9 Å². The smallest absolute Gasteiger partial charge is 0.264 e. The van der Waals surface area contributed by atoms with Gasteiger partial charge in [0, 0.05) is 12.1 Å². The summed E-state index contributed by atoms with van der Waals surface area (Å²) in [5, 5.41) is 2.85. The van der Waals surface area contributed by atoms with Crippen molar-refractivity contribution in [2.75, 3.05) is 32.2 Å². The van der Waals surface area contributed by atoms with E-state index in [9.17, 15) is 14.4 Å². The lowest BCUT2D eigenvalue weighted by Crippen LogP contribution is -2.51. The fraction of sp³-hybridized carbons (Fsp3) is 0.348. The summed E-state index contributed by atoms with van der Waals surface area (Å²) in [5.41, 5.74) is 1.83. The highest BCUT2D eigenvalue weighted by Crippen LogP contribution is 2.49. The lowest BCUT2D eigenvalue weighted by molar-refractivity contribution is -0.122. The summed E-state index contributed by atoms with van der Waals surface area (Å²) in [4.78, 5) is 42.5. The highest BCUT2D eigenvalue weighted by molar-refractivity contribution is 6.18. The molecule has 0 fully saturated rings. The van der Waals surface area contributed by atoms with E-state index in [1.165, 1.54) is 19.1 Å². The van der Waals surface area contributed by atoms with E-state index in [0.29, 0.717) is 40.4 Å². The first-order valence-corrected chi connectivity index (χ1v) is 10.1. The standard InChI is InChI=1S/C23H25N3O5/c1-13(2)11-24-18(27)12-25-21-15-9-10-17(30-3)20(31-4)19(15)23(29)26(21)16-8-6-5-7-14(16)22(25)28/h5-10,13,21H,11-12H2,1-4H3,(H,24,27)/t21-/m0/s1. The highest BCUT2D eigenvalue weighted by atomic mass is 16.5. The minimum atomic E-state index is -0.741. The number of carbonyl (C=O) groups excluding carboxylic acids is 3. The maximum Gasteiger partial charge on any atom is 0.264 e. The number of hydrogen-bond acceptors (Lipinski definition) is 5. The van der Waals surface area contributed by atoms with E-state index in [-0.39, 0.29) is 30.2 Å². The van der Waals surface area contributed by atoms with E-state index >= 15 is 0 Å². The van der Waals surface area contributed by atoms with Crippen LogP contribution in [0.2, 0.25) is 0 Å². The number of rotatable bonds is 6. The summed E-state index contributed by atoms with van der Waals surface area (Å²) in [6.45, 7) is 4.33. The van der Waals surface area contributed by atoms with Gasteiger partial charge in [0.1, 0.15) is 12.7 Å². The fourth-order valence-electron chi connectivity index (χ4n) is 4.11. The normalized spacial score (nSPS) is 16.7. The molecule has 2 heterocycles. The van der Waals surface area contributed by atoms with Crippen molar-refractivity contribution >= 4 is 23.4 Å². The molecule has 0 aliphatic carbocycles. The molecule has 2 aliphatic rings. The van der Waals surface area contributed by atoms with Crippen LogP contribution in [0.5, 0.6) is 11.5 Å². The van der Waals surface area contributed by atoms with Crippen LogP contribution in [0.25, 0.3) is 0 Å². The van der Waals surface area contributed by atoms with Crippen LogP contribution in [-0.2, 0) is 4.79 Å². The third-order valence-electron chi connectivity index (χ3n) is 5.50. The Balaban J connectivity index is 1.83. The average Bonchev–Trinajstić information content (AvgIpc) is 3.07. The molecular formula is C23H25N3O5. The Morgan fingerprint density at radius 2 is 1.81 bits per heavy atom. The predicted octanol–water partition coefficient (Wildman–Crippen LogP) is 2.59. The second-order valence-corrected chi connectivity index (χ2v) is 7.96. The van der Waals surface area contributed by atoms with E-state index in [2.05, 4.69) is 5.32 Å². The van der Waals surface area contributed by atoms with Crippen LogP contribution in [0.3, 0.4) is 0 Å². The largest absolute Gasteiger partial charge is 0.493 e. The Bertz CT molecular complexity index is 1070. The number of para-hydroxylation sites is 1. The molecular weight excluding hydrogens is 398 g/mol. The van der Waals surface area contributed by atoms with Gasteiger partial charge in [0.2, 0.25) is 5.91 Å². The third-order valence-corrected chi connectivity index (χ3v) is 5.50. The van der Waals surface area contributed by atoms with Gasteiger partial charge < -0.3 is 19.7 Å². The first-order valence-electron chi connectivity index (χ1n) is 10.1. The lowest BCUT2D eigenvalue weighted by atomic mass is 10.0. The van der Waals surface area contributed by atoms with Crippen LogP contribution in [0, 0.1) is 5.92 Å². The monoisotopic (exact) mass is 423 g/mol. The van der Waals surface area contributed by atoms with Crippen LogP contribution >= 0.6 is 0 Å². The van der Waals surface area contributed by atoms with E-state index in [1.807, 2.05) is 13.8 Å². The summed E-state index contributed by atoms with van der Waals surface area (Å²) in [7, 11) is 2.97. The Morgan fingerprint density at radius 3 is 2.48 bits per heavy atom. The van der Waals surface area contributed by atoms with Gasteiger partial charge in [-0.3, -0.25) is 19.3 Å². The van der Waals surface area contributed by atoms with Crippen molar-refractivity contribution in [3.05, 3.63) is 53.1 Å². The van der Waals surface area contributed by atoms with Gasteiger partial charge in [-0.15, -0.1) is 0 Å². The fourth-order valence-corrected chi connectivity index (χ4v) is 4.11. The molecule has 31 heavy (non-hydrogen) atoms. The van der Waals surface area contributed by atoms with Gasteiger partial charge >= 0.3 is 0 Å². The molecule has 3 amide bonds. The quantitative estimate of drug-likeness (QED) is 0.772. The van der Waals surface area contributed by atoms with E-state index < -0.39 is 6.17 Å². The molecule has 0 unspecified atom stereocenters. The second kappa shape index (κ2) is 7.94. The number of methoxy groups -OCH3 is 2. The molecule has 0 saturated carbocycles. The molecule has 162 valence electrons. The lowest BCUT2D eigenvalue weighted by Gasteiger charge is -2.40. The van der Waals surface area contributed by atoms with Crippen LogP contribution in [-0.4, -0.2) is 49.9 Å². The van der Waals surface area contributed by atoms with Crippen molar-refractivity contribution in [3.63, 3.8) is 0 Å². The van der Waals surface area contributed by atoms with Gasteiger partial charge in [0.15, 0.2) is 11.5 Å².